The zero-order valence-corrected chi connectivity index (χ0v) is 17.4. The first kappa shape index (κ1) is 18.7. The molecule has 3 aromatic heterocycles. The molecule has 0 spiro atoms. The summed E-state index contributed by atoms with van der Waals surface area (Å²) >= 11 is 6.10. The Labute approximate surface area is 178 Å². The Hall–Kier alpha value is -3.26. The summed E-state index contributed by atoms with van der Waals surface area (Å²) in [5.74, 6) is 2.66. The third-order valence-electron chi connectivity index (χ3n) is 5.39. The van der Waals surface area contributed by atoms with Crippen LogP contribution in [0.25, 0.3) is 22.8 Å². The first-order valence-corrected chi connectivity index (χ1v) is 10.1. The molecular weight excluding hydrogens is 402 g/mol. The maximum atomic E-state index is 6.10. The van der Waals surface area contributed by atoms with E-state index in [4.69, 9.17) is 16.1 Å². The van der Waals surface area contributed by atoms with Crippen molar-refractivity contribution in [3.05, 3.63) is 59.6 Å². The number of pyridine rings is 1. The van der Waals surface area contributed by atoms with E-state index >= 15 is 0 Å². The molecule has 0 radical (unpaired) electrons. The first-order valence-electron chi connectivity index (χ1n) is 9.75. The number of nitrogens with zero attached hydrogens (tertiary/aromatic N) is 7. The maximum Gasteiger partial charge on any atom is 0.258 e. The number of hydrogen-bond donors (Lipinski definition) is 0. The van der Waals surface area contributed by atoms with Crippen molar-refractivity contribution in [3.63, 3.8) is 0 Å². The topological polar surface area (TPSA) is 85.8 Å². The molecule has 4 aromatic rings. The van der Waals surface area contributed by atoms with E-state index in [2.05, 4.69) is 48.6 Å². The number of rotatable bonds is 4. The van der Waals surface area contributed by atoms with Gasteiger partial charge in [-0.3, -0.25) is 9.55 Å². The number of hydrogen-bond acceptors (Lipinski definition) is 7. The molecule has 0 amide bonds. The molecule has 0 saturated heterocycles. The van der Waals surface area contributed by atoms with Gasteiger partial charge in [-0.15, -0.1) is 10.2 Å². The molecule has 0 fully saturated rings. The van der Waals surface area contributed by atoms with Crippen LogP contribution in [0.15, 0.2) is 53.3 Å². The van der Waals surface area contributed by atoms with Crippen LogP contribution in [0.3, 0.4) is 0 Å². The Kier molecular flexibility index (Phi) is 4.51. The molecular formula is C21H20ClN7O. The zero-order chi connectivity index (χ0) is 20.7. The van der Waals surface area contributed by atoms with Crippen LogP contribution in [0.2, 0.25) is 5.02 Å². The van der Waals surface area contributed by atoms with Crippen molar-refractivity contribution in [2.45, 2.75) is 32.4 Å². The van der Waals surface area contributed by atoms with Gasteiger partial charge in [0.25, 0.3) is 5.89 Å². The van der Waals surface area contributed by atoms with Gasteiger partial charge in [-0.05, 0) is 50.6 Å². The highest BCUT2D eigenvalue weighted by Gasteiger charge is 2.38. The van der Waals surface area contributed by atoms with Crippen molar-refractivity contribution in [2.75, 3.05) is 11.4 Å². The summed E-state index contributed by atoms with van der Waals surface area (Å²) < 4.78 is 7.69. The Morgan fingerprint density at radius 3 is 2.67 bits per heavy atom. The summed E-state index contributed by atoms with van der Waals surface area (Å²) in [5.41, 5.74) is 1.24. The highest BCUT2D eigenvalue weighted by atomic mass is 35.5. The van der Waals surface area contributed by atoms with Crippen LogP contribution >= 0.6 is 11.6 Å². The van der Waals surface area contributed by atoms with Crippen LogP contribution in [0, 0.1) is 0 Å². The lowest BCUT2D eigenvalue weighted by Crippen LogP contribution is -2.47. The highest BCUT2D eigenvalue weighted by molar-refractivity contribution is 6.30. The maximum absolute atomic E-state index is 6.10. The summed E-state index contributed by atoms with van der Waals surface area (Å²) in [6.07, 6.45) is 4.49. The zero-order valence-electron chi connectivity index (χ0n) is 16.7. The molecule has 0 atom stereocenters. The average Bonchev–Trinajstić information content (AvgIpc) is 3.42. The molecule has 0 saturated carbocycles. The van der Waals surface area contributed by atoms with Crippen molar-refractivity contribution in [3.8, 4) is 22.8 Å². The molecule has 0 bridgehead atoms. The molecule has 1 aliphatic heterocycles. The lowest BCUT2D eigenvalue weighted by atomic mass is 10.0. The second kappa shape index (κ2) is 7.21. The number of fused-ring (bicyclic) bond motifs is 1. The van der Waals surface area contributed by atoms with Gasteiger partial charge >= 0.3 is 0 Å². The number of halogens is 1. The third kappa shape index (κ3) is 3.13. The molecule has 9 heteroatoms. The van der Waals surface area contributed by atoms with Gasteiger partial charge in [-0.25, -0.2) is 0 Å². The summed E-state index contributed by atoms with van der Waals surface area (Å²) in [7, 11) is 0. The van der Waals surface area contributed by atoms with Crippen LogP contribution < -0.4 is 4.90 Å². The van der Waals surface area contributed by atoms with Gasteiger partial charge in [0.2, 0.25) is 5.95 Å². The van der Waals surface area contributed by atoms with E-state index in [1.165, 1.54) is 0 Å². The van der Waals surface area contributed by atoms with Crippen molar-refractivity contribution in [1.82, 2.24) is 29.9 Å². The van der Waals surface area contributed by atoms with Crippen molar-refractivity contribution in [1.29, 1.82) is 0 Å². The van der Waals surface area contributed by atoms with Crippen LogP contribution in [0.4, 0.5) is 5.95 Å². The fraction of sp³-hybridized carbons (Fsp3) is 0.286. The number of anilines is 1. The van der Waals surface area contributed by atoms with Crippen molar-refractivity contribution >= 4 is 17.5 Å². The van der Waals surface area contributed by atoms with Gasteiger partial charge in [0, 0.05) is 41.6 Å². The minimum Gasteiger partial charge on any atom is -0.334 e. The lowest BCUT2D eigenvalue weighted by molar-refractivity contribution is 0.366. The molecule has 4 heterocycles. The van der Waals surface area contributed by atoms with Crippen molar-refractivity contribution < 1.29 is 4.52 Å². The predicted octanol–water partition coefficient (Wildman–Crippen LogP) is 4.19. The molecule has 30 heavy (non-hydrogen) atoms. The van der Waals surface area contributed by atoms with Gasteiger partial charge in [0.15, 0.2) is 11.6 Å². The molecule has 1 aromatic carbocycles. The van der Waals surface area contributed by atoms with E-state index in [1.54, 1.807) is 12.4 Å². The predicted molar refractivity (Wildman–Crippen MR) is 113 cm³/mol. The van der Waals surface area contributed by atoms with Gasteiger partial charge in [0.05, 0.1) is 0 Å². The molecule has 1 aliphatic rings. The molecule has 0 N–H and O–H groups in total. The molecule has 5 rings (SSSR count). The number of benzene rings is 1. The second-order valence-electron chi connectivity index (χ2n) is 7.71. The van der Waals surface area contributed by atoms with Crippen LogP contribution in [0.1, 0.15) is 26.1 Å². The first-order chi connectivity index (χ1) is 14.5. The van der Waals surface area contributed by atoms with Gasteiger partial charge in [0.1, 0.15) is 5.54 Å². The summed E-state index contributed by atoms with van der Waals surface area (Å²) in [5, 5.41) is 13.8. The minimum atomic E-state index is -0.541. The Morgan fingerprint density at radius 1 is 1.03 bits per heavy atom. The molecule has 0 aliphatic carbocycles. The Balaban J connectivity index is 1.50. The normalized spacial score (nSPS) is 14.0. The molecule has 152 valence electrons. The standard InChI is InChI=1S/C21H20ClN7O/c1-21(2,19-24-18(30-27-19)15-5-3-6-16(22)13-15)29-12-4-11-28-17(25-26-20(28)29)14-7-9-23-10-8-14/h3,5-10,13H,4,11-12H2,1-2H3. The van der Waals surface area contributed by atoms with Crippen molar-refractivity contribution in [2.24, 2.45) is 0 Å². The monoisotopic (exact) mass is 421 g/mol. The van der Waals surface area contributed by atoms with Gasteiger partial charge in [-0.2, -0.15) is 4.98 Å². The Morgan fingerprint density at radius 2 is 1.87 bits per heavy atom. The van der Waals surface area contributed by atoms with Gasteiger partial charge < -0.3 is 9.42 Å². The van der Waals surface area contributed by atoms with E-state index in [-0.39, 0.29) is 0 Å². The van der Waals surface area contributed by atoms with E-state index in [9.17, 15) is 0 Å². The van der Waals surface area contributed by atoms with E-state index in [1.807, 2.05) is 36.4 Å². The number of aromatic nitrogens is 6. The summed E-state index contributed by atoms with van der Waals surface area (Å²) in [6, 6.07) is 11.3. The minimum absolute atomic E-state index is 0.441. The Bertz CT molecular complexity index is 1190. The van der Waals surface area contributed by atoms with E-state index < -0.39 is 5.54 Å². The quantitative estimate of drug-likeness (QED) is 0.488. The van der Waals surface area contributed by atoms with E-state index in [0.717, 1.165) is 42.4 Å². The third-order valence-corrected chi connectivity index (χ3v) is 5.63. The fourth-order valence-electron chi connectivity index (χ4n) is 3.76. The largest absolute Gasteiger partial charge is 0.334 e. The second-order valence-corrected chi connectivity index (χ2v) is 8.15. The fourth-order valence-corrected chi connectivity index (χ4v) is 3.95. The van der Waals surface area contributed by atoms with Gasteiger partial charge in [-0.1, -0.05) is 22.8 Å². The molecule has 8 nitrogen and oxygen atoms in total. The van der Waals surface area contributed by atoms with Crippen LogP contribution in [-0.4, -0.2) is 36.4 Å². The summed E-state index contributed by atoms with van der Waals surface area (Å²) in [4.78, 5) is 10.9. The van der Waals surface area contributed by atoms with E-state index in [0.29, 0.717) is 16.7 Å². The van der Waals surface area contributed by atoms with Crippen LogP contribution in [-0.2, 0) is 12.1 Å². The SMILES string of the molecule is CC(C)(c1noc(-c2cccc(Cl)c2)n1)N1CCCn2c(-c3ccncc3)nnc21. The molecule has 0 unspecified atom stereocenters. The smallest absolute Gasteiger partial charge is 0.258 e. The highest BCUT2D eigenvalue weighted by Crippen LogP contribution is 2.35. The average molecular weight is 422 g/mol. The van der Waals surface area contributed by atoms with Crippen LogP contribution in [0.5, 0.6) is 0 Å². The lowest BCUT2D eigenvalue weighted by Gasteiger charge is -2.39. The summed E-state index contributed by atoms with van der Waals surface area (Å²) in [6.45, 7) is 5.81.